The molecule has 0 fully saturated rings. The van der Waals surface area contributed by atoms with E-state index in [-0.39, 0.29) is 6.04 Å². The van der Waals surface area contributed by atoms with Crippen molar-refractivity contribution in [1.29, 1.82) is 0 Å². The Bertz CT molecular complexity index is 520. The van der Waals surface area contributed by atoms with Crippen LogP contribution in [0.3, 0.4) is 0 Å². The minimum Gasteiger partial charge on any atom is -0.324 e. The number of nitrogens with two attached hydrogens (primary N) is 1. The van der Waals surface area contributed by atoms with E-state index in [4.69, 9.17) is 5.73 Å². The number of benzene rings is 1. The van der Waals surface area contributed by atoms with E-state index in [0.717, 1.165) is 18.5 Å². The zero-order valence-electron chi connectivity index (χ0n) is 11.1. The Morgan fingerprint density at radius 2 is 1.94 bits per heavy atom. The Labute approximate surface area is 109 Å². The highest BCUT2D eigenvalue weighted by atomic mass is 14.7. The van der Waals surface area contributed by atoms with E-state index in [9.17, 15) is 0 Å². The van der Waals surface area contributed by atoms with Crippen LogP contribution in [0, 0.1) is 6.92 Å². The molecule has 0 aliphatic rings. The van der Waals surface area contributed by atoms with Gasteiger partial charge in [0.2, 0.25) is 0 Å². The summed E-state index contributed by atoms with van der Waals surface area (Å²) in [6, 6.07) is 12.5. The normalized spacial score (nSPS) is 12.4. The minimum absolute atomic E-state index is 0.0229. The topological polar surface area (TPSA) is 38.9 Å². The van der Waals surface area contributed by atoms with Crippen LogP contribution in [0.25, 0.3) is 0 Å². The highest BCUT2D eigenvalue weighted by Gasteiger charge is 2.12. The molecule has 0 bridgehead atoms. The molecule has 1 unspecified atom stereocenters. The van der Waals surface area contributed by atoms with Crippen LogP contribution in [0.1, 0.15) is 35.3 Å². The van der Waals surface area contributed by atoms with Crippen molar-refractivity contribution >= 4 is 0 Å². The van der Waals surface area contributed by atoms with Gasteiger partial charge in [0, 0.05) is 24.4 Å². The molecule has 0 radical (unpaired) electrons. The van der Waals surface area contributed by atoms with Crippen molar-refractivity contribution in [2.24, 2.45) is 5.73 Å². The first-order valence-electron chi connectivity index (χ1n) is 6.46. The van der Waals surface area contributed by atoms with Gasteiger partial charge < -0.3 is 5.73 Å². The zero-order chi connectivity index (χ0) is 13.0. The van der Waals surface area contributed by atoms with Crippen LogP contribution in [-0.4, -0.2) is 4.98 Å². The molecule has 2 aromatic rings. The maximum Gasteiger partial charge on any atom is 0.0451 e. The van der Waals surface area contributed by atoms with Crippen LogP contribution in [0.2, 0.25) is 0 Å². The van der Waals surface area contributed by atoms with Crippen molar-refractivity contribution < 1.29 is 0 Å². The van der Waals surface area contributed by atoms with E-state index in [1.165, 1.54) is 16.7 Å². The first kappa shape index (κ1) is 12.8. The van der Waals surface area contributed by atoms with E-state index in [0.29, 0.717) is 0 Å². The molecule has 2 nitrogen and oxygen atoms in total. The minimum atomic E-state index is 0.0229. The molecule has 18 heavy (non-hydrogen) atoms. The van der Waals surface area contributed by atoms with Gasteiger partial charge in [-0.1, -0.05) is 37.3 Å². The molecule has 0 saturated carbocycles. The van der Waals surface area contributed by atoms with Gasteiger partial charge in [0.25, 0.3) is 0 Å². The lowest BCUT2D eigenvalue weighted by Gasteiger charge is -2.16. The Morgan fingerprint density at radius 3 is 2.67 bits per heavy atom. The summed E-state index contributed by atoms with van der Waals surface area (Å²) >= 11 is 0. The fourth-order valence-electron chi connectivity index (χ4n) is 2.27. The predicted octanol–water partition coefficient (Wildman–Crippen LogP) is 3.19. The van der Waals surface area contributed by atoms with E-state index >= 15 is 0 Å². The average Bonchev–Trinajstić information content (AvgIpc) is 2.41. The molecule has 1 heterocycles. The Morgan fingerprint density at radius 1 is 1.17 bits per heavy atom. The lowest BCUT2D eigenvalue weighted by molar-refractivity contribution is 0.694. The van der Waals surface area contributed by atoms with Gasteiger partial charge in [-0.05, 0) is 36.1 Å². The maximum atomic E-state index is 6.33. The second-order valence-corrected chi connectivity index (χ2v) is 4.63. The molecule has 2 N–H and O–H groups in total. The number of aromatic nitrogens is 1. The monoisotopic (exact) mass is 240 g/mol. The maximum absolute atomic E-state index is 6.33. The van der Waals surface area contributed by atoms with Crippen molar-refractivity contribution in [3.05, 3.63) is 65.0 Å². The molecule has 0 spiro atoms. The fraction of sp³-hybridized carbons (Fsp3) is 0.312. The van der Waals surface area contributed by atoms with Crippen molar-refractivity contribution in [2.75, 3.05) is 0 Å². The Balaban J connectivity index is 2.22. The van der Waals surface area contributed by atoms with Gasteiger partial charge in [-0.25, -0.2) is 0 Å². The molecule has 0 saturated heterocycles. The molecular weight excluding hydrogens is 220 g/mol. The summed E-state index contributed by atoms with van der Waals surface area (Å²) in [6.07, 6.45) is 3.65. The highest BCUT2D eigenvalue weighted by Crippen LogP contribution is 2.20. The van der Waals surface area contributed by atoms with Gasteiger partial charge in [0.15, 0.2) is 0 Å². The highest BCUT2D eigenvalue weighted by molar-refractivity contribution is 5.31. The van der Waals surface area contributed by atoms with Crippen molar-refractivity contribution in [2.45, 2.75) is 32.7 Å². The van der Waals surface area contributed by atoms with Crippen molar-refractivity contribution in [3.63, 3.8) is 0 Å². The van der Waals surface area contributed by atoms with Crippen LogP contribution in [0.5, 0.6) is 0 Å². The number of pyridine rings is 1. The number of hydrogen-bond donors (Lipinski definition) is 1. The third kappa shape index (κ3) is 2.77. The third-order valence-electron chi connectivity index (χ3n) is 3.37. The van der Waals surface area contributed by atoms with Crippen LogP contribution in [-0.2, 0) is 12.8 Å². The molecule has 2 heteroatoms. The summed E-state index contributed by atoms with van der Waals surface area (Å²) in [6.45, 7) is 4.25. The first-order chi connectivity index (χ1) is 8.72. The van der Waals surface area contributed by atoms with Crippen LogP contribution in [0.15, 0.2) is 42.6 Å². The van der Waals surface area contributed by atoms with E-state index in [1.54, 1.807) is 0 Å². The van der Waals surface area contributed by atoms with Crippen LogP contribution >= 0.6 is 0 Å². The molecule has 94 valence electrons. The first-order valence-corrected chi connectivity index (χ1v) is 6.46. The molecule has 1 aromatic heterocycles. The standard InChI is InChI=1S/C16H20N2/c1-3-13-8-4-5-9-14(13)15(17)11-16-12(2)7-6-10-18-16/h4-10,15H,3,11,17H2,1-2H3. The van der Waals surface area contributed by atoms with Gasteiger partial charge in [-0.2, -0.15) is 0 Å². The number of nitrogens with zero attached hydrogens (tertiary/aromatic N) is 1. The second-order valence-electron chi connectivity index (χ2n) is 4.63. The molecule has 2 rings (SSSR count). The number of aryl methyl sites for hydroxylation is 2. The fourth-order valence-corrected chi connectivity index (χ4v) is 2.27. The average molecular weight is 240 g/mol. The smallest absolute Gasteiger partial charge is 0.0451 e. The Hall–Kier alpha value is -1.67. The molecule has 0 aliphatic carbocycles. The van der Waals surface area contributed by atoms with Gasteiger partial charge in [-0.15, -0.1) is 0 Å². The van der Waals surface area contributed by atoms with E-state index < -0.39 is 0 Å². The summed E-state index contributed by atoms with van der Waals surface area (Å²) in [5.41, 5.74) is 11.2. The zero-order valence-corrected chi connectivity index (χ0v) is 11.1. The summed E-state index contributed by atoms with van der Waals surface area (Å²) in [4.78, 5) is 4.42. The third-order valence-corrected chi connectivity index (χ3v) is 3.37. The van der Waals surface area contributed by atoms with Gasteiger partial charge >= 0.3 is 0 Å². The molecule has 0 amide bonds. The number of rotatable bonds is 4. The second kappa shape index (κ2) is 5.78. The van der Waals surface area contributed by atoms with Crippen LogP contribution in [0.4, 0.5) is 0 Å². The van der Waals surface area contributed by atoms with E-state index in [2.05, 4.69) is 49.2 Å². The SMILES string of the molecule is CCc1ccccc1C(N)Cc1ncccc1C. The van der Waals surface area contributed by atoms with E-state index in [1.807, 2.05) is 12.3 Å². The summed E-state index contributed by atoms with van der Waals surface area (Å²) in [5.74, 6) is 0. The Kier molecular flexibility index (Phi) is 4.11. The van der Waals surface area contributed by atoms with Gasteiger partial charge in [0.1, 0.15) is 0 Å². The van der Waals surface area contributed by atoms with Gasteiger partial charge in [0.05, 0.1) is 0 Å². The van der Waals surface area contributed by atoms with Crippen molar-refractivity contribution in [3.8, 4) is 0 Å². The van der Waals surface area contributed by atoms with Crippen LogP contribution < -0.4 is 5.73 Å². The summed E-state index contributed by atoms with van der Waals surface area (Å²) < 4.78 is 0. The number of hydrogen-bond acceptors (Lipinski definition) is 2. The quantitative estimate of drug-likeness (QED) is 0.891. The lowest BCUT2D eigenvalue weighted by atomic mass is 9.95. The summed E-state index contributed by atoms with van der Waals surface area (Å²) in [5, 5.41) is 0. The largest absolute Gasteiger partial charge is 0.324 e. The van der Waals surface area contributed by atoms with Crippen molar-refractivity contribution in [1.82, 2.24) is 4.98 Å². The predicted molar refractivity (Wildman–Crippen MR) is 75.4 cm³/mol. The molecule has 1 aromatic carbocycles. The lowest BCUT2D eigenvalue weighted by Crippen LogP contribution is -2.16. The summed E-state index contributed by atoms with van der Waals surface area (Å²) in [7, 11) is 0. The molecule has 0 aliphatic heterocycles. The molecular formula is C16H20N2. The van der Waals surface area contributed by atoms with Gasteiger partial charge in [-0.3, -0.25) is 4.98 Å². The molecule has 1 atom stereocenters.